The summed E-state index contributed by atoms with van der Waals surface area (Å²) in [6.45, 7) is 2.41. The van der Waals surface area contributed by atoms with Crippen LogP contribution >= 0.6 is 0 Å². The first-order valence-corrected chi connectivity index (χ1v) is 5.73. The Morgan fingerprint density at radius 2 is 2.21 bits per heavy atom. The van der Waals surface area contributed by atoms with E-state index >= 15 is 0 Å². The second-order valence-corrected chi connectivity index (χ2v) is 4.44. The van der Waals surface area contributed by atoms with Crippen LogP contribution in [0.5, 0.6) is 0 Å². The first-order chi connectivity index (χ1) is 6.86. The highest BCUT2D eigenvalue weighted by atomic mass is 16.5. The van der Waals surface area contributed by atoms with Gasteiger partial charge in [-0.15, -0.1) is 0 Å². The maximum Gasteiger partial charge on any atom is 0.310 e. The molecule has 1 unspecified atom stereocenters. The zero-order valence-electron chi connectivity index (χ0n) is 8.63. The fourth-order valence-corrected chi connectivity index (χ4v) is 2.08. The van der Waals surface area contributed by atoms with Crippen molar-refractivity contribution in [2.45, 2.75) is 32.1 Å². The highest BCUT2D eigenvalue weighted by molar-refractivity contribution is 5.73. The van der Waals surface area contributed by atoms with E-state index in [1.165, 1.54) is 19.3 Å². The highest BCUT2D eigenvalue weighted by Crippen LogP contribution is 2.29. The molecule has 1 N–H and O–H groups in total. The lowest BCUT2D eigenvalue weighted by Gasteiger charge is -2.24. The first kappa shape index (κ1) is 9.97. The van der Waals surface area contributed by atoms with Crippen molar-refractivity contribution in [3.05, 3.63) is 0 Å². The van der Waals surface area contributed by atoms with E-state index in [0.717, 1.165) is 31.8 Å². The summed E-state index contributed by atoms with van der Waals surface area (Å²) in [6, 6.07) is 0. The molecular weight excluding hydrogens is 178 g/mol. The van der Waals surface area contributed by atoms with Crippen molar-refractivity contribution in [2.75, 3.05) is 19.7 Å². The number of nitrogens with one attached hydrogen (secondary N) is 1. The average Bonchev–Trinajstić information content (AvgIpc) is 2.61. The van der Waals surface area contributed by atoms with Crippen molar-refractivity contribution in [3.8, 4) is 0 Å². The molecule has 1 atom stereocenters. The molecule has 14 heavy (non-hydrogen) atoms. The second kappa shape index (κ2) is 4.78. The molecule has 3 nitrogen and oxygen atoms in total. The van der Waals surface area contributed by atoms with Gasteiger partial charge in [-0.05, 0) is 25.3 Å². The molecule has 1 aliphatic carbocycles. The van der Waals surface area contributed by atoms with Crippen molar-refractivity contribution in [1.29, 1.82) is 0 Å². The fourth-order valence-electron chi connectivity index (χ4n) is 2.08. The zero-order chi connectivity index (χ0) is 9.80. The summed E-state index contributed by atoms with van der Waals surface area (Å²) in [5, 5.41) is 3.17. The number of ether oxygens (including phenoxy) is 1. The van der Waals surface area contributed by atoms with Gasteiger partial charge in [0.2, 0.25) is 0 Å². The number of hydrogen-bond acceptors (Lipinski definition) is 3. The molecule has 2 fully saturated rings. The van der Waals surface area contributed by atoms with Crippen molar-refractivity contribution in [1.82, 2.24) is 5.32 Å². The third kappa shape index (κ3) is 2.47. The van der Waals surface area contributed by atoms with E-state index in [-0.39, 0.29) is 11.9 Å². The summed E-state index contributed by atoms with van der Waals surface area (Å²) in [4.78, 5) is 11.5. The van der Waals surface area contributed by atoms with E-state index in [1.54, 1.807) is 0 Å². The quantitative estimate of drug-likeness (QED) is 0.691. The molecule has 2 aliphatic rings. The molecule has 1 saturated carbocycles. The molecule has 0 bridgehead atoms. The van der Waals surface area contributed by atoms with Gasteiger partial charge in [-0.2, -0.15) is 0 Å². The van der Waals surface area contributed by atoms with Crippen LogP contribution in [0.4, 0.5) is 0 Å². The van der Waals surface area contributed by atoms with E-state index in [0.29, 0.717) is 6.61 Å². The summed E-state index contributed by atoms with van der Waals surface area (Å²) in [6.07, 6.45) is 6.06. The SMILES string of the molecule is O=C(OCCC1CCC1)C1CCNC1. The molecule has 0 spiro atoms. The Hall–Kier alpha value is -0.570. The van der Waals surface area contributed by atoms with Gasteiger partial charge in [0.1, 0.15) is 0 Å². The molecule has 0 aromatic rings. The number of hydrogen-bond donors (Lipinski definition) is 1. The zero-order valence-corrected chi connectivity index (χ0v) is 8.63. The lowest BCUT2D eigenvalue weighted by atomic mass is 9.83. The molecule has 80 valence electrons. The summed E-state index contributed by atoms with van der Waals surface area (Å²) >= 11 is 0. The van der Waals surface area contributed by atoms with Crippen molar-refractivity contribution < 1.29 is 9.53 Å². The number of esters is 1. The monoisotopic (exact) mass is 197 g/mol. The molecule has 0 aromatic heterocycles. The predicted octanol–water partition coefficient (Wildman–Crippen LogP) is 1.33. The van der Waals surface area contributed by atoms with E-state index in [4.69, 9.17) is 4.74 Å². The number of carbonyl (C=O) groups is 1. The average molecular weight is 197 g/mol. The Bertz CT molecular complexity index is 195. The minimum Gasteiger partial charge on any atom is -0.465 e. The summed E-state index contributed by atoms with van der Waals surface area (Å²) < 4.78 is 5.25. The topological polar surface area (TPSA) is 38.3 Å². The van der Waals surface area contributed by atoms with Gasteiger partial charge >= 0.3 is 5.97 Å². The molecular formula is C11H19NO2. The van der Waals surface area contributed by atoms with E-state index in [9.17, 15) is 4.79 Å². The first-order valence-electron chi connectivity index (χ1n) is 5.73. The van der Waals surface area contributed by atoms with Crippen LogP contribution in [0.3, 0.4) is 0 Å². The van der Waals surface area contributed by atoms with E-state index < -0.39 is 0 Å². The Morgan fingerprint density at radius 3 is 2.79 bits per heavy atom. The van der Waals surface area contributed by atoms with Gasteiger partial charge in [0.25, 0.3) is 0 Å². The lowest BCUT2D eigenvalue weighted by molar-refractivity contribution is -0.148. The molecule has 1 heterocycles. The minimum absolute atomic E-state index is 0.00863. The summed E-state index contributed by atoms with van der Waals surface area (Å²) in [5.41, 5.74) is 0. The lowest BCUT2D eigenvalue weighted by Crippen LogP contribution is -2.22. The van der Waals surface area contributed by atoms with Crippen LogP contribution in [0.1, 0.15) is 32.1 Å². The van der Waals surface area contributed by atoms with Crippen molar-refractivity contribution in [2.24, 2.45) is 11.8 Å². The van der Waals surface area contributed by atoms with Gasteiger partial charge in [0.05, 0.1) is 12.5 Å². The van der Waals surface area contributed by atoms with Crippen LogP contribution in [0.2, 0.25) is 0 Å². The van der Waals surface area contributed by atoms with Gasteiger partial charge < -0.3 is 10.1 Å². The second-order valence-electron chi connectivity index (χ2n) is 4.44. The molecule has 0 amide bonds. The summed E-state index contributed by atoms with van der Waals surface area (Å²) in [7, 11) is 0. The van der Waals surface area contributed by atoms with Crippen LogP contribution in [-0.2, 0) is 9.53 Å². The molecule has 1 aliphatic heterocycles. The number of carbonyl (C=O) groups excluding carboxylic acids is 1. The third-order valence-electron chi connectivity index (χ3n) is 3.39. The van der Waals surface area contributed by atoms with Gasteiger partial charge in [-0.25, -0.2) is 0 Å². The van der Waals surface area contributed by atoms with E-state index in [1.807, 2.05) is 0 Å². The molecule has 0 aromatic carbocycles. The Labute approximate surface area is 85.2 Å². The summed E-state index contributed by atoms with van der Waals surface area (Å²) in [5.74, 6) is 0.968. The van der Waals surface area contributed by atoms with Gasteiger partial charge in [0, 0.05) is 6.54 Å². The van der Waals surface area contributed by atoms with Crippen LogP contribution in [0, 0.1) is 11.8 Å². The smallest absolute Gasteiger partial charge is 0.310 e. The molecule has 0 radical (unpaired) electrons. The maximum atomic E-state index is 11.5. The molecule has 3 heteroatoms. The van der Waals surface area contributed by atoms with Crippen LogP contribution < -0.4 is 5.32 Å². The van der Waals surface area contributed by atoms with Crippen molar-refractivity contribution >= 4 is 5.97 Å². The Morgan fingerprint density at radius 1 is 1.36 bits per heavy atom. The highest BCUT2D eigenvalue weighted by Gasteiger charge is 2.24. The maximum absolute atomic E-state index is 11.5. The molecule has 1 saturated heterocycles. The van der Waals surface area contributed by atoms with E-state index in [2.05, 4.69) is 5.32 Å². The fraction of sp³-hybridized carbons (Fsp3) is 0.909. The van der Waals surface area contributed by atoms with Crippen LogP contribution in [0.15, 0.2) is 0 Å². The molecule has 2 rings (SSSR count). The van der Waals surface area contributed by atoms with Crippen LogP contribution in [-0.4, -0.2) is 25.7 Å². The Balaban J connectivity index is 1.57. The Kier molecular flexibility index (Phi) is 3.40. The van der Waals surface area contributed by atoms with Gasteiger partial charge in [0.15, 0.2) is 0 Å². The predicted molar refractivity (Wildman–Crippen MR) is 53.9 cm³/mol. The number of rotatable bonds is 4. The third-order valence-corrected chi connectivity index (χ3v) is 3.39. The van der Waals surface area contributed by atoms with Gasteiger partial charge in [-0.3, -0.25) is 4.79 Å². The minimum atomic E-state index is 0.00863. The standard InChI is InChI=1S/C11H19NO2/c13-11(10-4-6-12-8-10)14-7-5-9-2-1-3-9/h9-10,12H,1-8H2. The van der Waals surface area contributed by atoms with Gasteiger partial charge in [-0.1, -0.05) is 19.3 Å². The normalized spacial score (nSPS) is 27.3. The van der Waals surface area contributed by atoms with Crippen LogP contribution in [0.25, 0.3) is 0 Å². The van der Waals surface area contributed by atoms with Crippen molar-refractivity contribution in [3.63, 3.8) is 0 Å². The largest absolute Gasteiger partial charge is 0.465 e.